The molecule has 0 fully saturated rings. The van der Waals surface area contributed by atoms with Crippen molar-refractivity contribution in [1.82, 2.24) is 14.6 Å². The summed E-state index contributed by atoms with van der Waals surface area (Å²) < 4.78 is 7.26. The Balaban J connectivity index is 1.43. The second-order valence-corrected chi connectivity index (χ2v) is 9.86. The maximum Gasteiger partial charge on any atom is 0.262 e. The summed E-state index contributed by atoms with van der Waals surface area (Å²) in [6.07, 6.45) is 2.20. The lowest BCUT2D eigenvalue weighted by atomic mass is 10.1. The van der Waals surface area contributed by atoms with E-state index in [1.807, 2.05) is 61.7 Å². The Morgan fingerprint density at radius 1 is 1.21 bits per heavy atom. The Bertz CT molecular complexity index is 1370. The molecule has 1 aromatic carbocycles. The molecule has 5 rings (SSSR count). The summed E-state index contributed by atoms with van der Waals surface area (Å²) in [5.41, 5.74) is 1.40. The number of fused-ring (bicyclic) bond motifs is 1. The zero-order chi connectivity index (χ0) is 22.9. The molecule has 0 radical (unpaired) electrons. The van der Waals surface area contributed by atoms with Crippen LogP contribution in [0, 0.1) is 0 Å². The summed E-state index contributed by atoms with van der Waals surface area (Å²) in [6, 6.07) is 14.6. The molecule has 1 aliphatic rings. The van der Waals surface area contributed by atoms with Gasteiger partial charge in [-0.25, -0.2) is 9.99 Å². The van der Waals surface area contributed by atoms with Crippen LogP contribution in [-0.4, -0.2) is 31.9 Å². The molecule has 0 spiro atoms. The molecule has 7 nitrogen and oxygen atoms in total. The van der Waals surface area contributed by atoms with E-state index < -0.39 is 0 Å². The van der Waals surface area contributed by atoms with E-state index >= 15 is 0 Å². The molecule has 9 heteroatoms. The Morgan fingerprint density at radius 3 is 2.79 bits per heavy atom. The summed E-state index contributed by atoms with van der Waals surface area (Å²) in [5.74, 6) is 0.646. The van der Waals surface area contributed by atoms with Crippen LogP contribution in [0.3, 0.4) is 0 Å². The molecule has 0 saturated heterocycles. The van der Waals surface area contributed by atoms with Crippen molar-refractivity contribution in [2.24, 2.45) is 5.10 Å². The molecular formula is C24H22N4O3S2. The Kier molecular flexibility index (Phi) is 5.90. The summed E-state index contributed by atoms with van der Waals surface area (Å²) in [4.78, 5) is 32.1. The van der Waals surface area contributed by atoms with Crippen LogP contribution in [0.2, 0.25) is 0 Å². The molecule has 0 N–H and O–H groups in total. The first kappa shape index (κ1) is 21.7. The van der Waals surface area contributed by atoms with Gasteiger partial charge in [0.25, 0.3) is 11.5 Å². The second kappa shape index (κ2) is 8.99. The van der Waals surface area contributed by atoms with Crippen molar-refractivity contribution in [1.29, 1.82) is 0 Å². The fourth-order valence-corrected chi connectivity index (χ4v) is 5.61. The van der Waals surface area contributed by atoms with Crippen molar-refractivity contribution in [2.75, 3.05) is 5.75 Å². The number of thiophene rings is 1. The standard InChI is InChI=1S/C24H22N4O3S2/c1-15(2)27-23(30)16-7-3-4-8-17(16)25-24(27)33-14-22(29)28-19(20-9-5-11-31-20)13-18(26-28)21-10-6-12-32-21/h3-12,15,19H,13-14H2,1-2H3. The van der Waals surface area contributed by atoms with Gasteiger partial charge in [-0.3, -0.25) is 14.2 Å². The molecule has 1 aliphatic heterocycles. The normalized spacial score (nSPS) is 16.0. The highest BCUT2D eigenvalue weighted by Gasteiger charge is 2.35. The maximum atomic E-state index is 13.3. The van der Waals surface area contributed by atoms with Crippen LogP contribution in [-0.2, 0) is 4.79 Å². The van der Waals surface area contributed by atoms with Crippen molar-refractivity contribution >= 4 is 45.6 Å². The number of amides is 1. The molecule has 1 unspecified atom stereocenters. The molecule has 4 heterocycles. The predicted molar refractivity (Wildman–Crippen MR) is 131 cm³/mol. The number of para-hydroxylation sites is 1. The van der Waals surface area contributed by atoms with Gasteiger partial charge < -0.3 is 4.42 Å². The van der Waals surface area contributed by atoms with E-state index in [1.165, 1.54) is 16.8 Å². The van der Waals surface area contributed by atoms with E-state index in [-0.39, 0.29) is 29.3 Å². The van der Waals surface area contributed by atoms with E-state index in [9.17, 15) is 9.59 Å². The van der Waals surface area contributed by atoms with Gasteiger partial charge in [-0.1, -0.05) is 30.0 Å². The first-order valence-electron chi connectivity index (χ1n) is 10.6. The molecule has 3 aromatic heterocycles. The fourth-order valence-electron chi connectivity index (χ4n) is 3.91. The van der Waals surface area contributed by atoms with E-state index in [0.29, 0.717) is 28.2 Å². The van der Waals surface area contributed by atoms with Gasteiger partial charge in [0.05, 0.1) is 33.5 Å². The highest BCUT2D eigenvalue weighted by atomic mass is 32.2. The van der Waals surface area contributed by atoms with Gasteiger partial charge in [-0.2, -0.15) is 5.10 Å². The van der Waals surface area contributed by atoms with Gasteiger partial charge in [-0.05, 0) is 49.6 Å². The third kappa shape index (κ3) is 4.14. The van der Waals surface area contributed by atoms with Gasteiger partial charge in [0, 0.05) is 12.5 Å². The molecule has 0 aliphatic carbocycles. The van der Waals surface area contributed by atoms with Gasteiger partial charge in [0.15, 0.2) is 5.16 Å². The van der Waals surface area contributed by atoms with Crippen LogP contribution in [0.25, 0.3) is 10.9 Å². The lowest BCUT2D eigenvalue weighted by Crippen LogP contribution is -2.29. The van der Waals surface area contributed by atoms with Crippen LogP contribution in [0.4, 0.5) is 0 Å². The zero-order valence-corrected chi connectivity index (χ0v) is 19.8. The van der Waals surface area contributed by atoms with Gasteiger partial charge in [-0.15, -0.1) is 11.3 Å². The second-order valence-electron chi connectivity index (χ2n) is 7.97. The summed E-state index contributed by atoms with van der Waals surface area (Å²) in [5, 5.41) is 9.26. The Labute approximate surface area is 198 Å². The van der Waals surface area contributed by atoms with E-state index in [4.69, 9.17) is 4.42 Å². The quantitative estimate of drug-likeness (QED) is 0.284. The van der Waals surface area contributed by atoms with Crippen LogP contribution in [0.1, 0.15) is 43.0 Å². The lowest BCUT2D eigenvalue weighted by molar-refractivity contribution is -0.130. The SMILES string of the molecule is CC(C)n1c(SCC(=O)N2N=C(c3cccs3)CC2c2ccco2)nc2ccccc2c1=O. The number of carbonyl (C=O) groups excluding carboxylic acids is 1. The highest BCUT2D eigenvalue weighted by molar-refractivity contribution is 7.99. The van der Waals surface area contributed by atoms with Crippen LogP contribution < -0.4 is 5.56 Å². The minimum Gasteiger partial charge on any atom is -0.467 e. The summed E-state index contributed by atoms with van der Waals surface area (Å²) in [6.45, 7) is 3.88. The van der Waals surface area contributed by atoms with E-state index in [2.05, 4.69) is 10.1 Å². The smallest absolute Gasteiger partial charge is 0.262 e. The van der Waals surface area contributed by atoms with Crippen molar-refractivity contribution in [2.45, 2.75) is 37.5 Å². The van der Waals surface area contributed by atoms with Crippen molar-refractivity contribution in [3.05, 3.63) is 81.2 Å². The number of hydrogen-bond acceptors (Lipinski definition) is 7. The molecule has 0 bridgehead atoms. The number of nitrogens with zero attached hydrogens (tertiary/aromatic N) is 4. The average molecular weight is 479 g/mol. The van der Waals surface area contributed by atoms with Crippen molar-refractivity contribution in [3.8, 4) is 0 Å². The van der Waals surface area contributed by atoms with Gasteiger partial charge >= 0.3 is 0 Å². The molecule has 4 aromatic rings. The summed E-state index contributed by atoms with van der Waals surface area (Å²) >= 11 is 2.86. The number of aromatic nitrogens is 2. The van der Waals surface area contributed by atoms with Crippen LogP contribution >= 0.6 is 23.1 Å². The fraction of sp³-hybridized carbons (Fsp3) is 0.250. The molecule has 33 heavy (non-hydrogen) atoms. The van der Waals surface area contributed by atoms with Crippen LogP contribution in [0.5, 0.6) is 0 Å². The van der Waals surface area contributed by atoms with Crippen LogP contribution in [0.15, 0.2) is 79.6 Å². The monoisotopic (exact) mass is 478 g/mol. The number of hydrogen-bond donors (Lipinski definition) is 0. The van der Waals surface area contributed by atoms with Crippen molar-refractivity contribution in [3.63, 3.8) is 0 Å². The molecular weight excluding hydrogens is 456 g/mol. The first-order chi connectivity index (χ1) is 16.0. The molecule has 1 amide bonds. The topological polar surface area (TPSA) is 80.7 Å². The maximum absolute atomic E-state index is 13.3. The number of thioether (sulfide) groups is 1. The van der Waals surface area contributed by atoms with Gasteiger partial charge in [0.2, 0.25) is 0 Å². The predicted octanol–water partition coefficient (Wildman–Crippen LogP) is 5.10. The van der Waals surface area contributed by atoms with Crippen molar-refractivity contribution < 1.29 is 9.21 Å². The number of rotatable bonds is 6. The lowest BCUT2D eigenvalue weighted by Gasteiger charge is -2.20. The average Bonchev–Trinajstić information content (AvgIpc) is 3.58. The number of carbonyl (C=O) groups is 1. The van der Waals surface area contributed by atoms with Gasteiger partial charge in [0.1, 0.15) is 11.8 Å². The van der Waals surface area contributed by atoms with E-state index in [0.717, 1.165) is 10.6 Å². The third-order valence-corrected chi connectivity index (χ3v) is 7.32. The first-order valence-corrected chi connectivity index (χ1v) is 12.5. The number of benzene rings is 1. The number of hydrazone groups is 1. The molecule has 1 atom stereocenters. The minimum atomic E-state index is -0.290. The Morgan fingerprint density at radius 2 is 2.06 bits per heavy atom. The molecule has 168 valence electrons. The largest absolute Gasteiger partial charge is 0.467 e. The molecule has 0 saturated carbocycles. The van der Waals surface area contributed by atoms with E-state index in [1.54, 1.807) is 28.2 Å². The summed E-state index contributed by atoms with van der Waals surface area (Å²) in [7, 11) is 0. The third-order valence-electron chi connectivity index (χ3n) is 5.46. The highest BCUT2D eigenvalue weighted by Crippen LogP contribution is 2.35. The zero-order valence-electron chi connectivity index (χ0n) is 18.2. The number of furan rings is 1. The Hall–Kier alpha value is -3.17. The minimum absolute atomic E-state index is 0.0849.